The van der Waals surface area contributed by atoms with Crippen LogP contribution in [0.5, 0.6) is 0 Å². The Hall–Kier alpha value is -1.21. The monoisotopic (exact) mass is 543 g/mol. The third-order valence-corrected chi connectivity index (χ3v) is 9.07. The van der Waals surface area contributed by atoms with E-state index < -0.39 is 0 Å². The number of anilines is 1. The summed E-state index contributed by atoms with van der Waals surface area (Å²) in [6, 6.07) is 4.46. The molecule has 224 valence electrons. The lowest BCUT2D eigenvalue weighted by molar-refractivity contribution is -0.00385. The summed E-state index contributed by atoms with van der Waals surface area (Å²) in [7, 11) is 0. The Labute approximate surface area is 241 Å². The summed E-state index contributed by atoms with van der Waals surface area (Å²) in [5.41, 5.74) is 1.97. The molecule has 0 saturated carbocycles. The van der Waals surface area contributed by atoms with Gasteiger partial charge < -0.3 is 14.5 Å². The predicted octanol–water partition coefficient (Wildman–Crippen LogP) is 5.95. The van der Waals surface area contributed by atoms with Crippen LogP contribution in [0.3, 0.4) is 0 Å². The van der Waals surface area contributed by atoms with Crippen LogP contribution in [-0.4, -0.2) is 103 Å². The Balaban J connectivity index is 1.31. The molecule has 2 saturated heterocycles. The summed E-state index contributed by atoms with van der Waals surface area (Å²) in [6.45, 7) is 31.1. The Kier molecular flexibility index (Phi) is 12.1. The first-order valence-electron chi connectivity index (χ1n) is 15.9. The molecule has 6 nitrogen and oxygen atoms in total. The van der Waals surface area contributed by atoms with E-state index in [1.54, 1.807) is 0 Å². The number of hydrogen-bond acceptors (Lipinski definition) is 6. The number of likely N-dealkylation sites (N-methyl/N-ethyl adjacent to an activating group) is 1. The van der Waals surface area contributed by atoms with E-state index in [-0.39, 0.29) is 5.60 Å². The lowest BCUT2D eigenvalue weighted by Gasteiger charge is -2.45. The molecule has 3 heterocycles. The van der Waals surface area contributed by atoms with Crippen molar-refractivity contribution in [2.24, 2.45) is 5.41 Å². The zero-order valence-electron chi connectivity index (χ0n) is 26.9. The molecule has 1 aromatic rings. The van der Waals surface area contributed by atoms with Crippen molar-refractivity contribution < 1.29 is 4.74 Å². The minimum atomic E-state index is -0.0537. The number of ether oxygens (including phenoxy) is 1. The van der Waals surface area contributed by atoms with E-state index in [9.17, 15) is 0 Å². The van der Waals surface area contributed by atoms with Gasteiger partial charge in [-0.15, -0.1) is 0 Å². The Morgan fingerprint density at radius 3 is 2.03 bits per heavy atom. The Bertz CT molecular complexity index is 815. The van der Waals surface area contributed by atoms with E-state index in [1.165, 1.54) is 70.5 Å². The number of pyridine rings is 1. The lowest BCUT2D eigenvalue weighted by Crippen LogP contribution is -2.54. The highest BCUT2D eigenvalue weighted by atomic mass is 16.5. The van der Waals surface area contributed by atoms with Gasteiger partial charge in [0, 0.05) is 70.7 Å². The molecule has 1 aromatic heterocycles. The van der Waals surface area contributed by atoms with Crippen molar-refractivity contribution in [1.82, 2.24) is 19.7 Å². The Morgan fingerprint density at radius 2 is 1.44 bits per heavy atom. The van der Waals surface area contributed by atoms with E-state index in [2.05, 4.69) is 93.3 Å². The molecule has 0 atom stereocenters. The smallest absolute Gasteiger partial charge is 0.128 e. The molecule has 2 aliphatic heterocycles. The molecular formula is C33H61N5O. The maximum absolute atomic E-state index is 5.84. The highest BCUT2D eigenvalue weighted by molar-refractivity contribution is 5.40. The van der Waals surface area contributed by atoms with Crippen molar-refractivity contribution in [3.8, 4) is 0 Å². The average Bonchev–Trinajstić information content (AvgIpc) is 2.90. The highest BCUT2D eigenvalue weighted by Gasteiger charge is 2.31. The first kappa shape index (κ1) is 32.3. The lowest BCUT2D eigenvalue weighted by atomic mass is 9.79. The van der Waals surface area contributed by atoms with Crippen LogP contribution in [0.4, 0.5) is 5.82 Å². The van der Waals surface area contributed by atoms with Gasteiger partial charge in [0.2, 0.25) is 0 Å². The van der Waals surface area contributed by atoms with Crippen LogP contribution in [0.2, 0.25) is 0 Å². The second-order valence-electron chi connectivity index (χ2n) is 14.4. The molecule has 0 radical (unpaired) electrons. The first-order chi connectivity index (χ1) is 18.4. The van der Waals surface area contributed by atoms with Crippen molar-refractivity contribution in [3.63, 3.8) is 0 Å². The normalized spacial score (nSPS) is 19.1. The van der Waals surface area contributed by atoms with Crippen LogP contribution in [-0.2, 0) is 11.2 Å². The molecule has 0 amide bonds. The largest absolute Gasteiger partial charge is 0.376 e. The summed E-state index contributed by atoms with van der Waals surface area (Å²) in [6.07, 6.45) is 9.36. The van der Waals surface area contributed by atoms with Crippen LogP contribution in [0.15, 0.2) is 18.3 Å². The van der Waals surface area contributed by atoms with Gasteiger partial charge >= 0.3 is 0 Å². The zero-order valence-corrected chi connectivity index (χ0v) is 26.9. The topological polar surface area (TPSA) is 35.1 Å². The van der Waals surface area contributed by atoms with Crippen molar-refractivity contribution in [2.45, 2.75) is 105 Å². The van der Waals surface area contributed by atoms with Crippen molar-refractivity contribution in [3.05, 3.63) is 23.9 Å². The molecule has 0 bridgehead atoms. The van der Waals surface area contributed by atoms with Crippen LogP contribution in [0.25, 0.3) is 0 Å². The van der Waals surface area contributed by atoms with E-state index in [4.69, 9.17) is 9.72 Å². The fourth-order valence-corrected chi connectivity index (χ4v) is 5.98. The summed E-state index contributed by atoms with van der Waals surface area (Å²) in [4.78, 5) is 15.2. The summed E-state index contributed by atoms with van der Waals surface area (Å²) < 4.78 is 5.84. The van der Waals surface area contributed by atoms with Crippen molar-refractivity contribution in [2.75, 3.05) is 77.0 Å². The van der Waals surface area contributed by atoms with Gasteiger partial charge in [-0.05, 0) is 103 Å². The number of hydrogen-bond donors (Lipinski definition) is 0. The van der Waals surface area contributed by atoms with E-state index >= 15 is 0 Å². The van der Waals surface area contributed by atoms with Gasteiger partial charge in [-0.25, -0.2) is 4.98 Å². The van der Waals surface area contributed by atoms with Crippen LogP contribution in [0.1, 0.15) is 93.1 Å². The molecule has 0 spiro atoms. The predicted molar refractivity (Wildman–Crippen MR) is 167 cm³/mol. The molecule has 0 N–H and O–H groups in total. The molecule has 0 aromatic carbocycles. The first-order valence-corrected chi connectivity index (χ1v) is 15.9. The number of rotatable bonds is 14. The quantitative estimate of drug-likeness (QED) is 0.270. The maximum atomic E-state index is 5.84. The standard InChI is InChI=1S/C33H61N5O/c1-9-35-21-25-38(26-22-35)33(7,8)17-16-32(5,6)15-11-18-36-19-23-37(24-20-36)30-14-13-29(28-34-30)12-10-27-39-31(2,3)4/h13-14,28H,9-12,15-27H2,1-8H3. The third-order valence-electron chi connectivity index (χ3n) is 9.07. The molecular weight excluding hydrogens is 482 g/mol. The third kappa shape index (κ3) is 11.3. The summed E-state index contributed by atoms with van der Waals surface area (Å²) in [5, 5.41) is 0. The second kappa shape index (κ2) is 14.6. The maximum Gasteiger partial charge on any atom is 0.128 e. The summed E-state index contributed by atoms with van der Waals surface area (Å²) >= 11 is 0. The number of nitrogens with zero attached hydrogens (tertiary/aromatic N) is 5. The minimum absolute atomic E-state index is 0.0537. The highest BCUT2D eigenvalue weighted by Crippen LogP contribution is 2.33. The SMILES string of the molecule is CCN1CCN(C(C)(C)CCC(C)(C)CCCN2CCN(c3ccc(CCCOC(C)(C)C)cn3)CC2)CC1. The number of aryl methyl sites for hydroxylation is 1. The van der Waals surface area contributed by atoms with Crippen LogP contribution >= 0.6 is 0 Å². The summed E-state index contributed by atoms with van der Waals surface area (Å²) in [5.74, 6) is 1.13. The molecule has 0 aliphatic carbocycles. The minimum Gasteiger partial charge on any atom is -0.376 e. The fraction of sp³-hybridized carbons (Fsp3) is 0.848. The van der Waals surface area contributed by atoms with Crippen LogP contribution < -0.4 is 4.90 Å². The van der Waals surface area contributed by atoms with E-state index in [0.29, 0.717) is 11.0 Å². The average molecular weight is 544 g/mol. The second-order valence-corrected chi connectivity index (χ2v) is 14.4. The number of aromatic nitrogens is 1. The molecule has 6 heteroatoms. The van der Waals surface area contributed by atoms with E-state index in [1.807, 2.05) is 0 Å². The number of piperazine rings is 2. The fourth-order valence-electron chi connectivity index (χ4n) is 5.98. The molecule has 3 rings (SSSR count). The van der Waals surface area contributed by atoms with Gasteiger partial charge in [-0.1, -0.05) is 26.8 Å². The van der Waals surface area contributed by atoms with Crippen LogP contribution in [0, 0.1) is 5.41 Å². The zero-order chi connectivity index (χ0) is 28.5. The Morgan fingerprint density at radius 1 is 0.769 bits per heavy atom. The molecule has 2 fully saturated rings. The molecule has 2 aliphatic rings. The van der Waals surface area contributed by atoms with Gasteiger partial charge in [0.1, 0.15) is 5.82 Å². The van der Waals surface area contributed by atoms with Gasteiger partial charge in [0.05, 0.1) is 5.60 Å². The van der Waals surface area contributed by atoms with E-state index in [0.717, 1.165) is 51.4 Å². The molecule has 39 heavy (non-hydrogen) atoms. The molecule has 0 unspecified atom stereocenters. The van der Waals surface area contributed by atoms with Gasteiger partial charge in [-0.2, -0.15) is 0 Å². The van der Waals surface area contributed by atoms with Gasteiger partial charge in [-0.3, -0.25) is 9.80 Å². The van der Waals surface area contributed by atoms with Gasteiger partial charge in [0.15, 0.2) is 0 Å². The van der Waals surface area contributed by atoms with Crippen molar-refractivity contribution in [1.29, 1.82) is 0 Å². The van der Waals surface area contributed by atoms with Gasteiger partial charge in [0.25, 0.3) is 0 Å². The van der Waals surface area contributed by atoms with Crippen molar-refractivity contribution >= 4 is 5.82 Å².